The molecule has 1 amide bonds. The number of carbonyl (C=O) groups excluding carboxylic acids is 2. The molecule has 2 aromatic carbocycles. The molecule has 0 unspecified atom stereocenters. The van der Waals surface area contributed by atoms with Crippen LogP contribution in [0, 0.1) is 6.92 Å². The molecule has 0 aromatic heterocycles. The second-order valence-electron chi connectivity index (χ2n) is 6.06. The van der Waals surface area contributed by atoms with E-state index in [1.807, 2.05) is 37.3 Å². The Morgan fingerprint density at radius 3 is 2.60 bits per heavy atom. The molecule has 0 heterocycles. The number of hydrogen-bond donors (Lipinski definition) is 2. The van der Waals surface area contributed by atoms with Crippen LogP contribution in [0.3, 0.4) is 0 Å². The molecule has 5 heteroatoms. The SMILES string of the molecule is CC[C@@H](C)c1ccccc1NC(=O)COC(=O)c1cccc(C)c1N. The van der Waals surface area contributed by atoms with E-state index >= 15 is 0 Å². The van der Waals surface area contributed by atoms with E-state index in [0.717, 1.165) is 23.2 Å². The maximum atomic E-state index is 12.1. The number of benzene rings is 2. The van der Waals surface area contributed by atoms with Gasteiger partial charge in [-0.3, -0.25) is 4.79 Å². The van der Waals surface area contributed by atoms with Gasteiger partial charge in [0, 0.05) is 11.4 Å². The lowest BCUT2D eigenvalue weighted by Crippen LogP contribution is -2.22. The fourth-order valence-corrected chi connectivity index (χ4v) is 2.51. The fourth-order valence-electron chi connectivity index (χ4n) is 2.51. The van der Waals surface area contributed by atoms with Gasteiger partial charge in [0.05, 0.1) is 5.56 Å². The second-order valence-corrected chi connectivity index (χ2v) is 6.06. The van der Waals surface area contributed by atoms with Crippen molar-refractivity contribution in [2.45, 2.75) is 33.1 Å². The number of esters is 1. The summed E-state index contributed by atoms with van der Waals surface area (Å²) >= 11 is 0. The Balaban J connectivity index is 2.00. The first kappa shape index (κ1) is 18.5. The van der Waals surface area contributed by atoms with Crippen LogP contribution in [0.15, 0.2) is 42.5 Å². The Morgan fingerprint density at radius 2 is 1.88 bits per heavy atom. The minimum atomic E-state index is -0.605. The summed E-state index contributed by atoms with van der Waals surface area (Å²) in [6.07, 6.45) is 0.967. The molecule has 132 valence electrons. The van der Waals surface area contributed by atoms with Crippen LogP contribution < -0.4 is 11.1 Å². The number of amides is 1. The number of ether oxygens (including phenoxy) is 1. The summed E-state index contributed by atoms with van der Waals surface area (Å²) in [6.45, 7) is 5.65. The summed E-state index contributed by atoms with van der Waals surface area (Å²) < 4.78 is 5.09. The lowest BCUT2D eigenvalue weighted by Gasteiger charge is -2.15. The van der Waals surface area contributed by atoms with Gasteiger partial charge in [-0.2, -0.15) is 0 Å². The van der Waals surface area contributed by atoms with Crippen molar-refractivity contribution in [2.24, 2.45) is 0 Å². The summed E-state index contributed by atoms with van der Waals surface area (Å²) in [7, 11) is 0. The van der Waals surface area contributed by atoms with E-state index in [-0.39, 0.29) is 18.1 Å². The topological polar surface area (TPSA) is 81.4 Å². The van der Waals surface area contributed by atoms with E-state index in [4.69, 9.17) is 10.5 Å². The van der Waals surface area contributed by atoms with Crippen molar-refractivity contribution in [3.05, 3.63) is 59.2 Å². The summed E-state index contributed by atoms with van der Waals surface area (Å²) in [6, 6.07) is 12.8. The molecular formula is C20H24N2O3. The van der Waals surface area contributed by atoms with E-state index in [1.165, 1.54) is 0 Å². The van der Waals surface area contributed by atoms with Gasteiger partial charge in [-0.25, -0.2) is 4.79 Å². The molecule has 25 heavy (non-hydrogen) atoms. The number of carbonyl (C=O) groups is 2. The second kappa shape index (κ2) is 8.33. The van der Waals surface area contributed by atoms with Crippen molar-refractivity contribution in [1.29, 1.82) is 0 Å². The summed E-state index contributed by atoms with van der Waals surface area (Å²) in [4.78, 5) is 24.3. The minimum Gasteiger partial charge on any atom is -0.452 e. The molecule has 2 aromatic rings. The Kier molecular flexibility index (Phi) is 6.17. The van der Waals surface area contributed by atoms with E-state index in [2.05, 4.69) is 19.2 Å². The van der Waals surface area contributed by atoms with Crippen molar-refractivity contribution >= 4 is 23.3 Å². The largest absolute Gasteiger partial charge is 0.452 e. The van der Waals surface area contributed by atoms with Gasteiger partial charge in [0.2, 0.25) is 0 Å². The number of para-hydroxylation sites is 2. The molecule has 0 bridgehead atoms. The Labute approximate surface area is 148 Å². The van der Waals surface area contributed by atoms with Crippen LogP contribution in [0.5, 0.6) is 0 Å². The fraction of sp³-hybridized carbons (Fsp3) is 0.300. The van der Waals surface area contributed by atoms with Crippen LogP contribution in [-0.2, 0) is 9.53 Å². The Hall–Kier alpha value is -2.82. The third kappa shape index (κ3) is 4.59. The number of hydrogen-bond acceptors (Lipinski definition) is 4. The zero-order valence-electron chi connectivity index (χ0n) is 14.8. The molecule has 3 N–H and O–H groups in total. The van der Waals surface area contributed by atoms with Gasteiger partial charge in [-0.1, -0.05) is 44.2 Å². The zero-order valence-corrected chi connectivity index (χ0v) is 14.8. The Bertz CT molecular complexity index is 771. The highest BCUT2D eigenvalue weighted by Gasteiger charge is 2.15. The monoisotopic (exact) mass is 340 g/mol. The van der Waals surface area contributed by atoms with Gasteiger partial charge in [0.15, 0.2) is 6.61 Å². The number of nitrogen functional groups attached to an aromatic ring is 1. The molecule has 5 nitrogen and oxygen atoms in total. The lowest BCUT2D eigenvalue weighted by molar-refractivity contribution is -0.119. The number of rotatable bonds is 6. The third-order valence-electron chi connectivity index (χ3n) is 4.26. The van der Waals surface area contributed by atoms with Crippen LogP contribution in [-0.4, -0.2) is 18.5 Å². The molecule has 2 rings (SSSR count). The van der Waals surface area contributed by atoms with Gasteiger partial charge in [0.25, 0.3) is 5.91 Å². The molecule has 0 fully saturated rings. The predicted octanol–water partition coefficient (Wildman–Crippen LogP) is 3.89. The highest BCUT2D eigenvalue weighted by molar-refractivity contribution is 5.98. The molecule has 0 spiro atoms. The molecule has 0 radical (unpaired) electrons. The minimum absolute atomic E-state index is 0.271. The first-order valence-electron chi connectivity index (χ1n) is 8.35. The highest BCUT2D eigenvalue weighted by Crippen LogP contribution is 2.26. The number of aryl methyl sites for hydroxylation is 1. The molecule has 0 aliphatic carbocycles. The van der Waals surface area contributed by atoms with Crippen molar-refractivity contribution in [1.82, 2.24) is 0 Å². The van der Waals surface area contributed by atoms with E-state index in [1.54, 1.807) is 12.1 Å². The predicted molar refractivity (Wildman–Crippen MR) is 99.7 cm³/mol. The van der Waals surface area contributed by atoms with Gasteiger partial charge in [-0.05, 0) is 42.5 Å². The van der Waals surface area contributed by atoms with E-state index in [9.17, 15) is 9.59 Å². The van der Waals surface area contributed by atoms with Crippen LogP contribution in [0.4, 0.5) is 11.4 Å². The van der Waals surface area contributed by atoms with Crippen LogP contribution >= 0.6 is 0 Å². The third-order valence-corrected chi connectivity index (χ3v) is 4.26. The first-order chi connectivity index (χ1) is 11.9. The first-order valence-corrected chi connectivity index (χ1v) is 8.35. The molecule has 0 aliphatic rings. The van der Waals surface area contributed by atoms with Gasteiger partial charge >= 0.3 is 5.97 Å². The maximum absolute atomic E-state index is 12.1. The van der Waals surface area contributed by atoms with Crippen LogP contribution in [0.25, 0.3) is 0 Å². The molecule has 0 aliphatic heterocycles. The molecule has 0 saturated heterocycles. The number of anilines is 2. The quantitative estimate of drug-likeness (QED) is 0.617. The van der Waals surface area contributed by atoms with Crippen LogP contribution in [0.2, 0.25) is 0 Å². The van der Waals surface area contributed by atoms with E-state index in [0.29, 0.717) is 11.6 Å². The lowest BCUT2D eigenvalue weighted by atomic mass is 9.97. The number of nitrogens with two attached hydrogens (primary N) is 1. The van der Waals surface area contributed by atoms with Gasteiger partial charge in [0.1, 0.15) is 0 Å². The van der Waals surface area contributed by atoms with Crippen LogP contribution in [0.1, 0.15) is 47.7 Å². The average Bonchev–Trinajstić information content (AvgIpc) is 2.61. The summed E-state index contributed by atoms with van der Waals surface area (Å²) in [5, 5.41) is 2.81. The standard InChI is InChI=1S/C20H24N2O3/c1-4-13(2)15-9-5-6-11-17(15)22-18(23)12-25-20(24)16-10-7-8-14(3)19(16)21/h5-11,13H,4,12,21H2,1-3H3,(H,22,23)/t13-/m1/s1. The highest BCUT2D eigenvalue weighted by atomic mass is 16.5. The van der Waals surface area contributed by atoms with Crippen molar-refractivity contribution in [3.8, 4) is 0 Å². The smallest absolute Gasteiger partial charge is 0.340 e. The molecule has 0 saturated carbocycles. The summed E-state index contributed by atoms with van der Waals surface area (Å²) in [5.41, 5.74) is 9.12. The van der Waals surface area contributed by atoms with E-state index < -0.39 is 5.97 Å². The number of nitrogens with one attached hydrogen (secondary N) is 1. The summed E-state index contributed by atoms with van der Waals surface area (Å²) in [5.74, 6) is -0.659. The van der Waals surface area contributed by atoms with Gasteiger partial charge in [-0.15, -0.1) is 0 Å². The van der Waals surface area contributed by atoms with Gasteiger partial charge < -0.3 is 15.8 Å². The van der Waals surface area contributed by atoms with Crippen molar-refractivity contribution in [3.63, 3.8) is 0 Å². The molecule has 1 atom stereocenters. The molecular weight excluding hydrogens is 316 g/mol. The average molecular weight is 340 g/mol. The van der Waals surface area contributed by atoms with Crippen molar-refractivity contribution in [2.75, 3.05) is 17.7 Å². The normalized spacial score (nSPS) is 11.6. The zero-order chi connectivity index (χ0) is 18.4. The van der Waals surface area contributed by atoms with Crippen molar-refractivity contribution < 1.29 is 14.3 Å². The maximum Gasteiger partial charge on any atom is 0.340 e. The Morgan fingerprint density at radius 1 is 1.16 bits per heavy atom.